The molecule has 18 heavy (non-hydrogen) atoms. The Kier molecular flexibility index (Phi) is 2.98. The zero-order chi connectivity index (χ0) is 12.4. The van der Waals surface area contributed by atoms with Gasteiger partial charge in [0.2, 0.25) is 0 Å². The molecule has 0 unspecified atom stereocenters. The number of aromatic nitrogens is 3. The van der Waals surface area contributed by atoms with Crippen LogP contribution in [0.1, 0.15) is 24.6 Å². The number of hydrogen-bond donors (Lipinski definition) is 2. The zero-order valence-corrected chi connectivity index (χ0v) is 10.1. The van der Waals surface area contributed by atoms with Gasteiger partial charge in [0.25, 0.3) is 0 Å². The van der Waals surface area contributed by atoms with Crippen molar-refractivity contribution in [3.63, 3.8) is 0 Å². The van der Waals surface area contributed by atoms with E-state index in [1.807, 2.05) is 30.3 Å². The van der Waals surface area contributed by atoms with Crippen molar-refractivity contribution in [2.45, 2.75) is 18.8 Å². The largest absolute Gasteiger partial charge is 0.347 e. The van der Waals surface area contributed by atoms with Crippen LogP contribution in [-0.2, 0) is 0 Å². The molecule has 0 saturated carbocycles. The molecule has 1 saturated heterocycles. The van der Waals surface area contributed by atoms with E-state index in [-0.39, 0.29) is 5.69 Å². The molecular formula is C13H16N4O. The summed E-state index contributed by atoms with van der Waals surface area (Å²) in [5, 5.41) is 10.1. The monoisotopic (exact) mass is 244 g/mol. The molecule has 0 bridgehead atoms. The van der Waals surface area contributed by atoms with E-state index in [2.05, 4.69) is 15.5 Å². The van der Waals surface area contributed by atoms with Gasteiger partial charge in [-0.25, -0.2) is 14.5 Å². The van der Waals surface area contributed by atoms with Crippen molar-refractivity contribution in [2.75, 3.05) is 13.1 Å². The minimum absolute atomic E-state index is 0.165. The van der Waals surface area contributed by atoms with Crippen molar-refractivity contribution in [1.29, 1.82) is 0 Å². The van der Waals surface area contributed by atoms with E-state index in [1.54, 1.807) is 4.57 Å². The Balaban J connectivity index is 2.04. The minimum Gasteiger partial charge on any atom is -0.316 e. The fourth-order valence-electron chi connectivity index (χ4n) is 2.48. The van der Waals surface area contributed by atoms with Gasteiger partial charge in [0.1, 0.15) is 5.82 Å². The standard InChI is InChI=1S/C13H16N4O/c18-13-16-15-12(10-5-4-8-14-9-10)17(13)11-6-2-1-3-7-11/h1-3,6-7,10,14H,4-5,8-9H2,(H,16,18)/t10-/m1/s1. The minimum atomic E-state index is -0.165. The fourth-order valence-corrected chi connectivity index (χ4v) is 2.48. The number of nitrogens with one attached hydrogen (secondary N) is 2. The third-order valence-corrected chi connectivity index (χ3v) is 3.37. The van der Waals surface area contributed by atoms with Gasteiger partial charge in [0, 0.05) is 12.5 Å². The van der Waals surface area contributed by atoms with Crippen LogP contribution in [0.2, 0.25) is 0 Å². The lowest BCUT2D eigenvalue weighted by Crippen LogP contribution is -2.31. The summed E-state index contributed by atoms with van der Waals surface area (Å²) in [5.41, 5.74) is 0.707. The van der Waals surface area contributed by atoms with E-state index < -0.39 is 0 Å². The van der Waals surface area contributed by atoms with Gasteiger partial charge in [-0.3, -0.25) is 0 Å². The number of benzene rings is 1. The van der Waals surface area contributed by atoms with Crippen LogP contribution in [-0.4, -0.2) is 27.9 Å². The highest BCUT2D eigenvalue weighted by molar-refractivity contribution is 5.32. The van der Waals surface area contributed by atoms with Crippen LogP contribution < -0.4 is 11.0 Å². The molecule has 1 fully saturated rings. The van der Waals surface area contributed by atoms with Crippen LogP contribution in [0.25, 0.3) is 5.69 Å². The third kappa shape index (κ3) is 1.97. The van der Waals surface area contributed by atoms with E-state index >= 15 is 0 Å². The Morgan fingerprint density at radius 2 is 2.11 bits per heavy atom. The molecule has 0 spiro atoms. The number of piperidine rings is 1. The summed E-state index contributed by atoms with van der Waals surface area (Å²) in [6, 6.07) is 9.65. The molecule has 94 valence electrons. The number of nitrogens with zero attached hydrogens (tertiary/aromatic N) is 2. The molecule has 0 amide bonds. The van der Waals surface area contributed by atoms with E-state index in [0.717, 1.165) is 37.4 Å². The maximum atomic E-state index is 11.9. The Hall–Kier alpha value is -1.88. The van der Waals surface area contributed by atoms with E-state index in [4.69, 9.17) is 0 Å². The Morgan fingerprint density at radius 1 is 1.28 bits per heavy atom. The SMILES string of the molecule is O=c1[nH]nc([C@@H]2CCCNC2)n1-c1ccccc1. The molecule has 1 atom stereocenters. The van der Waals surface area contributed by atoms with Gasteiger partial charge in [0.05, 0.1) is 5.69 Å². The maximum absolute atomic E-state index is 11.9. The lowest BCUT2D eigenvalue weighted by molar-refractivity contribution is 0.442. The molecule has 5 nitrogen and oxygen atoms in total. The van der Waals surface area contributed by atoms with Crippen molar-refractivity contribution in [2.24, 2.45) is 0 Å². The first-order valence-electron chi connectivity index (χ1n) is 6.30. The third-order valence-electron chi connectivity index (χ3n) is 3.37. The highest BCUT2D eigenvalue weighted by Gasteiger charge is 2.22. The lowest BCUT2D eigenvalue weighted by atomic mass is 9.99. The van der Waals surface area contributed by atoms with Gasteiger partial charge in [-0.05, 0) is 31.5 Å². The second-order valence-corrected chi connectivity index (χ2v) is 4.60. The number of rotatable bonds is 2. The van der Waals surface area contributed by atoms with Gasteiger partial charge in [-0.1, -0.05) is 18.2 Å². The Bertz CT molecular complexity index is 566. The Labute approximate surface area is 105 Å². The Morgan fingerprint density at radius 3 is 2.83 bits per heavy atom. The molecule has 1 aliphatic rings. The van der Waals surface area contributed by atoms with E-state index in [1.165, 1.54) is 0 Å². The normalized spacial score (nSPS) is 19.9. The smallest absolute Gasteiger partial charge is 0.316 e. The van der Waals surface area contributed by atoms with Crippen LogP contribution in [0.3, 0.4) is 0 Å². The van der Waals surface area contributed by atoms with Gasteiger partial charge < -0.3 is 5.32 Å². The van der Waals surface area contributed by atoms with Crippen LogP contribution in [0.15, 0.2) is 35.1 Å². The van der Waals surface area contributed by atoms with Crippen molar-refractivity contribution in [3.05, 3.63) is 46.6 Å². The average molecular weight is 244 g/mol. The van der Waals surface area contributed by atoms with Crippen LogP contribution >= 0.6 is 0 Å². The predicted molar refractivity (Wildman–Crippen MR) is 69.0 cm³/mol. The molecule has 5 heteroatoms. The molecule has 1 aromatic heterocycles. The van der Waals surface area contributed by atoms with Crippen molar-refractivity contribution in [3.8, 4) is 5.69 Å². The van der Waals surface area contributed by atoms with Crippen molar-refractivity contribution in [1.82, 2.24) is 20.1 Å². The highest BCUT2D eigenvalue weighted by atomic mass is 16.1. The van der Waals surface area contributed by atoms with E-state index in [9.17, 15) is 4.79 Å². The van der Waals surface area contributed by atoms with Gasteiger partial charge in [0.15, 0.2) is 0 Å². The summed E-state index contributed by atoms with van der Waals surface area (Å²) in [5.74, 6) is 1.14. The molecule has 1 aliphatic heterocycles. The summed E-state index contributed by atoms with van der Waals surface area (Å²) < 4.78 is 1.68. The fraction of sp³-hybridized carbons (Fsp3) is 0.385. The van der Waals surface area contributed by atoms with Gasteiger partial charge in [-0.2, -0.15) is 5.10 Å². The molecular weight excluding hydrogens is 228 g/mol. The van der Waals surface area contributed by atoms with Crippen LogP contribution in [0.5, 0.6) is 0 Å². The summed E-state index contributed by atoms with van der Waals surface area (Å²) in [7, 11) is 0. The molecule has 2 N–H and O–H groups in total. The quantitative estimate of drug-likeness (QED) is 0.829. The van der Waals surface area contributed by atoms with Crippen LogP contribution in [0.4, 0.5) is 0 Å². The summed E-state index contributed by atoms with van der Waals surface area (Å²) in [6.45, 7) is 1.94. The van der Waals surface area contributed by atoms with Crippen molar-refractivity contribution < 1.29 is 0 Å². The molecule has 2 heterocycles. The van der Waals surface area contributed by atoms with Gasteiger partial charge >= 0.3 is 5.69 Å². The highest BCUT2D eigenvalue weighted by Crippen LogP contribution is 2.22. The summed E-state index contributed by atoms with van der Waals surface area (Å²) in [6.07, 6.45) is 2.20. The first kappa shape index (κ1) is 11.2. The average Bonchev–Trinajstić information content (AvgIpc) is 2.83. The van der Waals surface area contributed by atoms with Gasteiger partial charge in [-0.15, -0.1) is 0 Å². The summed E-state index contributed by atoms with van der Waals surface area (Å²) in [4.78, 5) is 11.9. The zero-order valence-electron chi connectivity index (χ0n) is 10.1. The molecule has 1 aromatic carbocycles. The van der Waals surface area contributed by atoms with E-state index in [0.29, 0.717) is 5.92 Å². The number of H-pyrrole nitrogens is 1. The maximum Gasteiger partial charge on any atom is 0.347 e. The predicted octanol–water partition coefficient (Wildman–Crippen LogP) is 1.03. The summed E-state index contributed by atoms with van der Waals surface area (Å²) >= 11 is 0. The second-order valence-electron chi connectivity index (χ2n) is 4.60. The molecule has 3 rings (SSSR count). The van der Waals surface area contributed by atoms with Crippen molar-refractivity contribution >= 4 is 0 Å². The lowest BCUT2D eigenvalue weighted by Gasteiger charge is -2.22. The molecule has 0 radical (unpaired) electrons. The molecule has 0 aliphatic carbocycles. The first-order chi connectivity index (χ1) is 8.86. The number of aromatic amines is 1. The number of hydrogen-bond acceptors (Lipinski definition) is 3. The van der Waals surface area contributed by atoms with Crippen LogP contribution in [0, 0.1) is 0 Å². The number of para-hydroxylation sites is 1. The second kappa shape index (κ2) is 4.78. The molecule has 2 aromatic rings. The first-order valence-corrected chi connectivity index (χ1v) is 6.30. The topological polar surface area (TPSA) is 62.7 Å².